The number of nitrogens with zero attached hydrogens (tertiary/aromatic N) is 1. The summed E-state index contributed by atoms with van der Waals surface area (Å²) >= 11 is 0. The maximum atomic E-state index is 12.4. The van der Waals surface area contributed by atoms with E-state index in [1.807, 2.05) is 20.8 Å². The minimum atomic E-state index is -4.20. The van der Waals surface area contributed by atoms with Crippen molar-refractivity contribution in [3.63, 3.8) is 0 Å². The second-order valence-corrected chi connectivity index (χ2v) is 11.2. The van der Waals surface area contributed by atoms with Crippen molar-refractivity contribution in [3.05, 3.63) is 35.4 Å². The number of hydrogen-bond donors (Lipinski definition) is 4. The Kier molecular flexibility index (Phi) is 5.95. The van der Waals surface area contributed by atoms with Gasteiger partial charge in [-0.15, -0.1) is 0 Å². The highest BCUT2D eigenvalue weighted by Gasteiger charge is 2.58. The van der Waals surface area contributed by atoms with Crippen LogP contribution in [0.4, 0.5) is 0 Å². The molecule has 3 heterocycles. The average Bonchev–Trinajstić information content (AvgIpc) is 3.25. The standard InChI is InChI=1S/C21H30NO8P/c1-12(2)19(25)29-14(11-20(3,4)5)21-8-7-13(30-21)15-16(21)18(24)22(17(15)23)9-6-10-31(26,27)28/h7-8,13-14,23-24H,1,6,9-11H2,2-5H3,(H2,26,27,28). The molecule has 0 saturated heterocycles. The molecule has 0 radical (unpaired) electrons. The summed E-state index contributed by atoms with van der Waals surface area (Å²) in [4.78, 5) is 30.6. The van der Waals surface area contributed by atoms with Gasteiger partial charge in [-0.3, -0.25) is 9.13 Å². The molecule has 0 aliphatic carbocycles. The molecule has 4 N–H and O–H groups in total. The van der Waals surface area contributed by atoms with E-state index in [1.165, 1.54) is 4.57 Å². The summed E-state index contributed by atoms with van der Waals surface area (Å²) in [5.74, 6) is -1.08. The van der Waals surface area contributed by atoms with Crippen molar-refractivity contribution in [2.24, 2.45) is 5.41 Å². The number of fused-ring (bicyclic) bond motifs is 5. The molecule has 0 spiro atoms. The van der Waals surface area contributed by atoms with Gasteiger partial charge in [-0.1, -0.05) is 33.4 Å². The van der Waals surface area contributed by atoms with Gasteiger partial charge in [0.25, 0.3) is 0 Å². The highest BCUT2D eigenvalue weighted by molar-refractivity contribution is 7.51. The van der Waals surface area contributed by atoms with E-state index < -0.39 is 31.4 Å². The molecule has 10 heteroatoms. The zero-order valence-corrected chi connectivity index (χ0v) is 19.1. The minimum absolute atomic E-state index is 0.00800. The summed E-state index contributed by atoms with van der Waals surface area (Å²) in [6.07, 6.45) is 2.14. The number of aromatic nitrogens is 1. The molecule has 9 nitrogen and oxygen atoms in total. The molecule has 0 fully saturated rings. The van der Waals surface area contributed by atoms with Gasteiger partial charge in [-0.25, -0.2) is 4.79 Å². The molecule has 1 aromatic rings. The molecule has 3 rings (SSSR count). The third-order valence-electron chi connectivity index (χ3n) is 5.47. The number of carbonyl (C=O) groups is 1. The fourth-order valence-corrected chi connectivity index (χ4v) is 4.70. The van der Waals surface area contributed by atoms with Crippen LogP contribution in [0.15, 0.2) is 24.3 Å². The number of carbonyl (C=O) groups excluding carboxylic acids is 1. The summed E-state index contributed by atoms with van der Waals surface area (Å²) in [7, 11) is -4.20. The van der Waals surface area contributed by atoms with Crippen molar-refractivity contribution in [3.8, 4) is 11.8 Å². The summed E-state index contributed by atoms with van der Waals surface area (Å²) < 4.78 is 24.3. The lowest BCUT2D eigenvalue weighted by Crippen LogP contribution is -2.42. The number of esters is 1. The number of hydrogen-bond acceptors (Lipinski definition) is 6. The largest absolute Gasteiger partial charge is 0.494 e. The number of rotatable bonds is 8. The molecule has 0 amide bonds. The summed E-state index contributed by atoms with van der Waals surface area (Å²) in [6.45, 7) is 11.1. The van der Waals surface area contributed by atoms with E-state index in [2.05, 4.69) is 6.58 Å². The van der Waals surface area contributed by atoms with Crippen LogP contribution in [0.25, 0.3) is 0 Å². The van der Waals surface area contributed by atoms with Gasteiger partial charge in [-0.2, -0.15) is 0 Å². The third-order valence-corrected chi connectivity index (χ3v) is 6.36. The van der Waals surface area contributed by atoms with Gasteiger partial charge in [0.15, 0.2) is 5.60 Å². The van der Waals surface area contributed by atoms with Crippen molar-refractivity contribution in [1.82, 2.24) is 4.57 Å². The van der Waals surface area contributed by atoms with Crippen LogP contribution in [-0.4, -0.2) is 42.8 Å². The first-order valence-electron chi connectivity index (χ1n) is 10.1. The van der Waals surface area contributed by atoms with E-state index in [0.717, 1.165) is 0 Å². The molecular formula is C21H30NO8P. The van der Waals surface area contributed by atoms with Crippen LogP contribution in [0, 0.1) is 5.41 Å². The first-order chi connectivity index (χ1) is 14.2. The maximum Gasteiger partial charge on any atom is 0.333 e. The van der Waals surface area contributed by atoms with Gasteiger partial charge in [0.05, 0.1) is 17.3 Å². The molecule has 3 atom stereocenters. The molecule has 2 aliphatic heterocycles. The fourth-order valence-electron chi connectivity index (χ4n) is 4.14. The van der Waals surface area contributed by atoms with E-state index in [-0.39, 0.29) is 41.9 Å². The van der Waals surface area contributed by atoms with Crippen molar-refractivity contribution >= 4 is 13.6 Å². The van der Waals surface area contributed by atoms with E-state index in [1.54, 1.807) is 19.1 Å². The fraction of sp³-hybridized carbons (Fsp3) is 0.571. The third kappa shape index (κ3) is 4.46. The Morgan fingerprint density at radius 1 is 1.35 bits per heavy atom. The molecule has 0 aromatic carbocycles. The Bertz CT molecular complexity index is 982. The van der Waals surface area contributed by atoms with Gasteiger partial charge >= 0.3 is 13.6 Å². The number of aromatic hydroxyl groups is 2. The second kappa shape index (κ2) is 7.81. The van der Waals surface area contributed by atoms with E-state index in [0.29, 0.717) is 17.5 Å². The van der Waals surface area contributed by atoms with E-state index in [9.17, 15) is 19.6 Å². The summed E-state index contributed by atoms with van der Waals surface area (Å²) in [6, 6.07) is 0. The normalized spacial score (nSPS) is 23.1. The van der Waals surface area contributed by atoms with Gasteiger partial charge in [0, 0.05) is 12.1 Å². The zero-order valence-electron chi connectivity index (χ0n) is 18.2. The van der Waals surface area contributed by atoms with Gasteiger partial charge in [-0.05, 0) is 31.3 Å². The quantitative estimate of drug-likeness (QED) is 0.203. The molecule has 1 aromatic heterocycles. The Balaban J connectivity index is 2.02. The molecule has 31 heavy (non-hydrogen) atoms. The minimum Gasteiger partial charge on any atom is -0.494 e. The van der Waals surface area contributed by atoms with Crippen LogP contribution < -0.4 is 0 Å². The smallest absolute Gasteiger partial charge is 0.333 e. The molecule has 0 saturated carbocycles. The van der Waals surface area contributed by atoms with E-state index >= 15 is 0 Å². The molecule has 2 aliphatic rings. The summed E-state index contributed by atoms with van der Waals surface area (Å²) in [5.41, 5.74) is -0.613. The predicted molar refractivity (Wildman–Crippen MR) is 113 cm³/mol. The van der Waals surface area contributed by atoms with Gasteiger partial charge < -0.3 is 29.5 Å². The lowest BCUT2D eigenvalue weighted by Gasteiger charge is -2.36. The highest BCUT2D eigenvalue weighted by Crippen LogP contribution is 2.60. The average molecular weight is 455 g/mol. The van der Waals surface area contributed by atoms with Crippen molar-refractivity contribution in [2.75, 3.05) is 6.16 Å². The Morgan fingerprint density at radius 3 is 2.55 bits per heavy atom. The zero-order chi connectivity index (χ0) is 23.4. The highest BCUT2D eigenvalue weighted by atomic mass is 31.2. The lowest BCUT2D eigenvalue weighted by atomic mass is 9.78. The Labute approximate surface area is 181 Å². The van der Waals surface area contributed by atoms with Gasteiger partial charge in [0.1, 0.15) is 12.2 Å². The summed E-state index contributed by atoms with van der Waals surface area (Å²) in [5, 5.41) is 21.7. The monoisotopic (exact) mass is 455 g/mol. The van der Waals surface area contributed by atoms with Crippen LogP contribution in [0.2, 0.25) is 0 Å². The SMILES string of the molecule is C=C(C)C(=O)OC(CC(C)(C)C)C12C=CC(O1)c1c2c(O)n(CCCP(=O)(O)O)c1O. The van der Waals surface area contributed by atoms with Crippen molar-refractivity contribution < 1.29 is 38.8 Å². The predicted octanol–water partition coefficient (Wildman–Crippen LogP) is 3.23. The maximum absolute atomic E-state index is 12.4. The van der Waals surface area contributed by atoms with Crippen LogP contribution in [0.5, 0.6) is 11.8 Å². The van der Waals surface area contributed by atoms with Crippen LogP contribution >= 0.6 is 7.60 Å². The van der Waals surface area contributed by atoms with E-state index in [4.69, 9.17) is 19.3 Å². The second-order valence-electron chi connectivity index (χ2n) is 9.46. The first-order valence-corrected chi connectivity index (χ1v) is 11.9. The van der Waals surface area contributed by atoms with Crippen LogP contribution in [0.3, 0.4) is 0 Å². The molecule has 3 unspecified atom stereocenters. The molecular weight excluding hydrogens is 425 g/mol. The van der Waals surface area contributed by atoms with Crippen molar-refractivity contribution in [2.45, 2.75) is 64.9 Å². The van der Waals surface area contributed by atoms with Crippen LogP contribution in [-0.2, 0) is 31.0 Å². The topological polar surface area (TPSA) is 138 Å². The number of ether oxygens (including phenoxy) is 2. The Hall–Kier alpha value is -2.06. The molecule has 172 valence electrons. The lowest BCUT2D eigenvalue weighted by molar-refractivity contribution is -0.165. The van der Waals surface area contributed by atoms with Crippen molar-refractivity contribution in [1.29, 1.82) is 0 Å². The first kappa shape index (κ1) is 23.6. The Morgan fingerprint density at radius 2 is 2.00 bits per heavy atom. The molecule has 2 bridgehead atoms. The van der Waals surface area contributed by atoms with Crippen LogP contribution in [0.1, 0.15) is 57.8 Å². The van der Waals surface area contributed by atoms with Gasteiger partial charge in [0.2, 0.25) is 11.8 Å².